The molecular formula is C11H14N2O2. The summed E-state index contributed by atoms with van der Waals surface area (Å²) in [6, 6.07) is 5.95. The van der Waals surface area contributed by atoms with Crippen molar-refractivity contribution in [1.29, 1.82) is 0 Å². The van der Waals surface area contributed by atoms with Gasteiger partial charge in [0.25, 0.3) is 0 Å². The van der Waals surface area contributed by atoms with E-state index in [0.717, 1.165) is 22.2 Å². The second kappa shape index (κ2) is 3.92. The van der Waals surface area contributed by atoms with E-state index < -0.39 is 0 Å². The van der Waals surface area contributed by atoms with Crippen molar-refractivity contribution in [3.8, 4) is 5.75 Å². The second-order valence-electron chi connectivity index (χ2n) is 3.46. The minimum Gasteiger partial charge on any atom is -0.497 e. The van der Waals surface area contributed by atoms with E-state index in [-0.39, 0.29) is 0 Å². The molecule has 0 aliphatic carbocycles. The lowest BCUT2D eigenvalue weighted by atomic mass is 10.2. The highest BCUT2D eigenvalue weighted by Crippen LogP contribution is 2.25. The number of methoxy groups -OCH3 is 1. The van der Waals surface area contributed by atoms with Crippen LogP contribution in [-0.4, -0.2) is 11.7 Å². The average Bonchev–Trinajstić information content (AvgIpc) is 2.56. The summed E-state index contributed by atoms with van der Waals surface area (Å²) in [6.45, 7) is 0.407. The molecule has 0 saturated heterocycles. The predicted octanol–water partition coefficient (Wildman–Crippen LogP) is 1.58. The summed E-state index contributed by atoms with van der Waals surface area (Å²) in [4.78, 5) is 4.67. The Labute approximate surface area is 88.1 Å². The molecule has 0 unspecified atom stereocenters. The first-order chi connectivity index (χ1) is 7.26. The van der Waals surface area contributed by atoms with Crippen LogP contribution >= 0.6 is 0 Å². The maximum Gasteiger partial charge on any atom is 0.119 e. The van der Waals surface area contributed by atoms with Gasteiger partial charge in [0.2, 0.25) is 0 Å². The third-order valence-electron chi connectivity index (χ3n) is 2.52. The lowest BCUT2D eigenvalue weighted by Crippen LogP contribution is -1.97. The number of benzene rings is 1. The van der Waals surface area contributed by atoms with Gasteiger partial charge in [-0.05, 0) is 18.2 Å². The number of rotatable bonds is 3. The maximum absolute atomic E-state index is 5.18. The maximum atomic E-state index is 5.18. The van der Waals surface area contributed by atoms with Crippen molar-refractivity contribution in [2.45, 2.75) is 6.61 Å². The summed E-state index contributed by atoms with van der Waals surface area (Å²) in [7, 11) is 3.65. The zero-order valence-electron chi connectivity index (χ0n) is 8.86. The summed E-state index contributed by atoms with van der Waals surface area (Å²) in [5, 5.41) is 1.11. The highest BCUT2D eigenvalue weighted by molar-refractivity contribution is 5.85. The molecule has 0 amide bonds. The number of hydrogen-bond acceptors (Lipinski definition) is 3. The zero-order chi connectivity index (χ0) is 10.8. The number of nitrogens with zero attached hydrogens (tertiary/aromatic N) is 1. The fraction of sp³-hybridized carbons (Fsp3) is 0.273. The van der Waals surface area contributed by atoms with Crippen LogP contribution in [0.3, 0.4) is 0 Å². The molecule has 2 rings (SSSR count). The Balaban J connectivity index is 2.60. The van der Waals surface area contributed by atoms with Gasteiger partial charge in [0, 0.05) is 29.7 Å². The van der Waals surface area contributed by atoms with Gasteiger partial charge < -0.3 is 9.30 Å². The minimum atomic E-state index is 0.407. The van der Waals surface area contributed by atoms with Gasteiger partial charge in [-0.3, -0.25) is 4.84 Å². The largest absolute Gasteiger partial charge is 0.497 e. The van der Waals surface area contributed by atoms with Gasteiger partial charge >= 0.3 is 0 Å². The fourth-order valence-corrected chi connectivity index (χ4v) is 1.78. The van der Waals surface area contributed by atoms with Gasteiger partial charge in [0.15, 0.2) is 0 Å². The van der Waals surface area contributed by atoms with Gasteiger partial charge in [-0.15, -0.1) is 0 Å². The molecular weight excluding hydrogens is 192 g/mol. The minimum absolute atomic E-state index is 0.407. The highest BCUT2D eigenvalue weighted by Gasteiger charge is 2.07. The molecule has 4 heteroatoms. The van der Waals surface area contributed by atoms with E-state index >= 15 is 0 Å². The van der Waals surface area contributed by atoms with E-state index in [4.69, 9.17) is 10.6 Å². The Morgan fingerprint density at radius 3 is 2.87 bits per heavy atom. The molecule has 0 spiro atoms. The Hall–Kier alpha value is -1.52. The Bertz CT molecular complexity index is 477. The topological polar surface area (TPSA) is 49.4 Å². The number of nitrogens with two attached hydrogens (primary N) is 1. The molecule has 0 radical (unpaired) electrons. The van der Waals surface area contributed by atoms with Crippen LogP contribution in [-0.2, 0) is 18.5 Å². The van der Waals surface area contributed by atoms with E-state index in [9.17, 15) is 0 Å². The monoisotopic (exact) mass is 206 g/mol. The third kappa shape index (κ3) is 1.69. The number of aromatic nitrogens is 1. The molecule has 0 aliphatic rings. The summed E-state index contributed by atoms with van der Waals surface area (Å²) in [6.07, 6.45) is 2.01. The first-order valence-electron chi connectivity index (χ1n) is 4.70. The Morgan fingerprint density at radius 1 is 1.40 bits per heavy atom. The third-order valence-corrected chi connectivity index (χ3v) is 2.52. The first kappa shape index (κ1) is 10.0. The van der Waals surface area contributed by atoms with Gasteiger partial charge in [-0.1, -0.05) is 0 Å². The molecule has 0 fully saturated rings. The molecule has 80 valence electrons. The van der Waals surface area contributed by atoms with Gasteiger partial charge in [0.05, 0.1) is 13.7 Å². The van der Waals surface area contributed by atoms with Gasteiger partial charge in [-0.25, -0.2) is 5.90 Å². The van der Waals surface area contributed by atoms with E-state index in [1.807, 2.05) is 36.0 Å². The average molecular weight is 206 g/mol. The summed E-state index contributed by atoms with van der Waals surface area (Å²) >= 11 is 0. The molecule has 0 atom stereocenters. The lowest BCUT2D eigenvalue weighted by molar-refractivity contribution is 0.125. The molecule has 4 nitrogen and oxygen atoms in total. The van der Waals surface area contributed by atoms with E-state index in [1.54, 1.807) is 7.11 Å². The van der Waals surface area contributed by atoms with Crippen molar-refractivity contribution in [3.63, 3.8) is 0 Å². The molecule has 2 aromatic rings. The van der Waals surface area contributed by atoms with Crippen LogP contribution in [0.15, 0.2) is 24.4 Å². The number of aryl methyl sites for hydroxylation is 1. The SMILES string of the molecule is COc1ccc2c(c1)c(CON)cn2C. The molecule has 15 heavy (non-hydrogen) atoms. The van der Waals surface area contributed by atoms with Crippen molar-refractivity contribution in [1.82, 2.24) is 4.57 Å². The fourth-order valence-electron chi connectivity index (χ4n) is 1.78. The van der Waals surface area contributed by atoms with Crippen LogP contribution in [0.1, 0.15) is 5.56 Å². The molecule has 1 heterocycles. The van der Waals surface area contributed by atoms with Crippen molar-refractivity contribution in [3.05, 3.63) is 30.0 Å². The van der Waals surface area contributed by atoms with Crippen LogP contribution < -0.4 is 10.6 Å². The quantitative estimate of drug-likeness (QED) is 0.775. The van der Waals surface area contributed by atoms with Crippen molar-refractivity contribution in [2.24, 2.45) is 12.9 Å². The van der Waals surface area contributed by atoms with E-state index in [1.165, 1.54) is 0 Å². The van der Waals surface area contributed by atoms with E-state index in [0.29, 0.717) is 6.61 Å². The van der Waals surface area contributed by atoms with Crippen LogP contribution in [0.5, 0.6) is 5.75 Å². The molecule has 1 aromatic heterocycles. The second-order valence-corrected chi connectivity index (χ2v) is 3.46. The van der Waals surface area contributed by atoms with E-state index in [2.05, 4.69) is 4.84 Å². The van der Waals surface area contributed by atoms with Crippen LogP contribution in [0.2, 0.25) is 0 Å². The number of ether oxygens (including phenoxy) is 1. The standard InChI is InChI=1S/C11H14N2O2/c1-13-6-8(7-15-12)10-5-9(14-2)3-4-11(10)13/h3-6H,7,12H2,1-2H3. The molecule has 0 bridgehead atoms. The summed E-state index contributed by atoms with van der Waals surface area (Å²) < 4.78 is 7.23. The summed E-state index contributed by atoms with van der Waals surface area (Å²) in [5.74, 6) is 5.93. The Kier molecular flexibility index (Phi) is 2.62. The number of hydrogen-bond donors (Lipinski definition) is 1. The first-order valence-corrected chi connectivity index (χ1v) is 4.70. The van der Waals surface area contributed by atoms with Crippen LogP contribution in [0, 0.1) is 0 Å². The smallest absolute Gasteiger partial charge is 0.119 e. The van der Waals surface area contributed by atoms with Crippen molar-refractivity contribution in [2.75, 3.05) is 7.11 Å². The van der Waals surface area contributed by atoms with Crippen molar-refractivity contribution >= 4 is 10.9 Å². The zero-order valence-corrected chi connectivity index (χ0v) is 8.86. The summed E-state index contributed by atoms with van der Waals surface area (Å²) in [5.41, 5.74) is 2.21. The molecule has 1 aromatic carbocycles. The van der Waals surface area contributed by atoms with Crippen LogP contribution in [0.4, 0.5) is 0 Å². The molecule has 0 aliphatic heterocycles. The predicted molar refractivity (Wildman–Crippen MR) is 58.4 cm³/mol. The van der Waals surface area contributed by atoms with Gasteiger partial charge in [0.1, 0.15) is 5.75 Å². The Morgan fingerprint density at radius 2 is 2.20 bits per heavy atom. The number of fused-ring (bicyclic) bond motifs is 1. The van der Waals surface area contributed by atoms with Crippen LogP contribution in [0.25, 0.3) is 10.9 Å². The molecule has 2 N–H and O–H groups in total. The lowest BCUT2D eigenvalue weighted by Gasteiger charge is -2.01. The highest BCUT2D eigenvalue weighted by atomic mass is 16.6. The molecule has 0 saturated carbocycles. The normalized spacial score (nSPS) is 10.9. The van der Waals surface area contributed by atoms with Crippen molar-refractivity contribution < 1.29 is 9.57 Å². The van der Waals surface area contributed by atoms with Gasteiger partial charge in [-0.2, -0.15) is 0 Å².